The third-order valence-electron chi connectivity index (χ3n) is 8.93. The van der Waals surface area contributed by atoms with E-state index in [1.54, 1.807) is 38.7 Å². The maximum Gasteiger partial charge on any atom is 0.430 e. The van der Waals surface area contributed by atoms with Crippen LogP contribution in [0.4, 0.5) is 23.7 Å². The summed E-state index contributed by atoms with van der Waals surface area (Å²) in [5, 5.41) is 23.0. The number of phenols is 1. The number of ether oxygens (including phenoxy) is 2. The van der Waals surface area contributed by atoms with Crippen LogP contribution in [-0.4, -0.2) is 93.4 Å². The molecular formula is C38H43F3N4O10S2. The van der Waals surface area contributed by atoms with Gasteiger partial charge in [-0.1, -0.05) is 12.1 Å². The fourth-order valence-electron chi connectivity index (χ4n) is 6.25. The molecule has 4 aromatic rings. The normalized spacial score (nSPS) is 17.3. The molecule has 0 aliphatic carbocycles. The van der Waals surface area contributed by atoms with Gasteiger partial charge in [0.15, 0.2) is 15.7 Å². The number of nitrogens with two attached hydrogens (primary N) is 1. The maximum absolute atomic E-state index is 14.1. The van der Waals surface area contributed by atoms with Crippen LogP contribution in [-0.2, 0) is 32.7 Å². The van der Waals surface area contributed by atoms with E-state index < -0.39 is 46.3 Å². The summed E-state index contributed by atoms with van der Waals surface area (Å²) in [4.78, 5) is 38.1. The molecule has 0 radical (unpaired) electrons. The van der Waals surface area contributed by atoms with Crippen molar-refractivity contribution in [3.63, 3.8) is 0 Å². The molecule has 308 valence electrons. The second kappa shape index (κ2) is 18.7. The molecule has 3 atom stereocenters. The molecule has 1 aliphatic rings. The molecule has 3 aromatic carbocycles. The number of piperidine rings is 1. The Hall–Kier alpha value is -5.37. The number of aromatic hydroxyl groups is 1. The number of thiophene rings is 1. The molecule has 5 rings (SSSR count). The Labute approximate surface area is 331 Å². The Morgan fingerprint density at radius 3 is 2.19 bits per heavy atom. The van der Waals surface area contributed by atoms with E-state index in [-0.39, 0.29) is 22.1 Å². The van der Waals surface area contributed by atoms with Gasteiger partial charge in [0.25, 0.3) is 0 Å². The van der Waals surface area contributed by atoms with Crippen LogP contribution in [0.5, 0.6) is 23.0 Å². The number of imide groups is 1. The van der Waals surface area contributed by atoms with Crippen molar-refractivity contribution in [2.24, 2.45) is 5.73 Å². The van der Waals surface area contributed by atoms with E-state index in [9.17, 15) is 36.3 Å². The smallest absolute Gasteiger partial charge is 0.430 e. The number of carbonyl (C=O) groups excluding carboxylic acids is 3. The van der Waals surface area contributed by atoms with Gasteiger partial charge in [0.2, 0.25) is 5.91 Å². The van der Waals surface area contributed by atoms with Gasteiger partial charge >= 0.3 is 22.3 Å². The Kier molecular flexibility index (Phi) is 14.6. The van der Waals surface area contributed by atoms with Crippen LogP contribution in [0, 0.1) is 6.92 Å². The van der Waals surface area contributed by atoms with Crippen LogP contribution >= 0.6 is 11.3 Å². The van der Waals surface area contributed by atoms with E-state index in [4.69, 9.17) is 29.3 Å². The number of nitrogens with one attached hydrogen (secondary N) is 1. The van der Waals surface area contributed by atoms with E-state index in [2.05, 4.69) is 12.4 Å². The standard InChI is InChI=1S/C36H42N4O8S2.C2HF3O2/c1-24-18-34(49-23-24)50(44,45)48-30-14-10-27(11-15-30)38-36(43)39(35(42)31(37)19-25-7-12-29(41)13-8-25)28-6-5-17-40(2,22-28)21-26-9-16-32(46-3)33(20-26)47-4;3-2(4,5)1(6)7/h7-16,18,20,23,28,31H,5-6,17,19,21-22,37H2,1-4H3,(H-,38,41,43);(H,6,7)/t28-,31-,40?;/m0./s1. The van der Waals surface area contributed by atoms with Crippen LogP contribution in [0.2, 0.25) is 0 Å². The number of alkyl halides is 3. The summed E-state index contributed by atoms with van der Waals surface area (Å²) in [6.07, 6.45) is -3.67. The molecule has 19 heteroatoms. The number of urea groups is 1. The molecule has 4 N–H and O–H groups in total. The number of likely N-dealkylation sites (N-methyl/N-ethyl adjacent to an activating group) is 1. The minimum atomic E-state index is -5.19. The Balaban J connectivity index is 0.000000940. The number of anilines is 1. The third-order valence-corrected chi connectivity index (χ3v) is 11.7. The van der Waals surface area contributed by atoms with Gasteiger partial charge in [-0.3, -0.25) is 9.69 Å². The summed E-state index contributed by atoms with van der Waals surface area (Å²) in [5.41, 5.74) is 9.39. The van der Waals surface area contributed by atoms with Crippen LogP contribution in [0.1, 0.15) is 29.5 Å². The number of hydrogen-bond donors (Lipinski definition) is 3. The Morgan fingerprint density at radius 2 is 1.63 bits per heavy atom. The number of halogens is 3. The third kappa shape index (κ3) is 12.3. The number of amides is 3. The number of rotatable bonds is 12. The number of carboxylic acids is 1. The zero-order valence-electron chi connectivity index (χ0n) is 31.4. The summed E-state index contributed by atoms with van der Waals surface area (Å²) < 4.78 is 73.8. The second-order valence-electron chi connectivity index (χ2n) is 13.6. The highest BCUT2D eigenvalue weighted by molar-refractivity contribution is 7.89. The average molecular weight is 837 g/mol. The van der Waals surface area contributed by atoms with Gasteiger partial charge in [-0.2, -0.15) is 21.6 Å². The van der Waals surface area contributed by atoms with Crippen molar-refractivity contribution in [1.29, 1.82) is 0 Å². The maximum atomic E-state index is 14.1. The number of methoxy groups -OCH3 is 2. The van der Waals surface area contributed by atoms with E-state index in [1.165, 1.54) is 47.4 Å². The number of nitrogens with zero attached hydrogens (tertiary/aromatic N) is 2. The minimum Gasteiger partial charge on any atom is -0.542 e. The number of hydrogen-bond acceptors (Lipinski definition) is 12. The van der Waals surface area contributed by atoms with Crippen molar-refractivity contribution >= 4 is 45.0 Å². The number of aryl methyl sites for hydroxylation is 1. The van der Waals surface area contributed by atoms with Gasteiger partial charge in [-0.15, -0.1) is 11.3 Å². The highest BCUT2D eigenvalue weighted by Gasteiger charge is 2.41. The number of carboxylic acid groups (broad SMARTS) is 1. The molecule has 1 unspecified atom stereocenters. The van der Waals surface area contributed by atoms with Gasteiger partial charge in [-0.25, -0.2) is 4.79 Å². The number of carbonyl (C=O) groups is 3. The highest BCUT2D eigenvalue weighted by Crippen LogP contribution is 2.31. The molecule has 57 heavy (non-hydrogen) atoms. The number of phenolic OH excluding ortho intramolecular Hbond substituents is 1. The first-order valence-electron chi connectivity index (χ1n) is 17.3. The van der Waals surface area contributed by atoms with Gasteiger partial charge in [-0.05, 0) is 103 Å². The Morgan fingerprint density at radius 1 is 1.02 bits per heavy atom. The first-order chi connectivity index (χ1) is 26.7. The predicted molar refractivity (Wildman–Crippen MR) is 202 cm³/mol. The molecule has 0 saturated carbocycles. The number of quaternary nitrogens is 1. The number of benzene rings is 3. The molecule has 2 heterocycles. The molecule has 14 nitrogen and oxygen atoms in total. The van der Waals surface area contributed by atoms with Crippen LogP contribution in [0.25, 0.3) is 0 Å². The van der Waals surface area contributed by atoms with Crippen molar-refractivity contribution in [3.05, 3.63) is 94.9 Å². The lowest BCUT2D eigenvalue weighted by atomic mass is 9.98. The summed E-state index contributed by atoms with van der Waals surface area (Å²) in [6.45, 7) is 3.76. The van der Waals surface area contributed by atoms with E-state index in [0.29, 0.717) is 41.2 Å². The van der Waals surface area contributed by atoms with Crippen LogP contribution in [0.15, 0.2) is 82.4 Å². The van der Waals surface area contributed by atoms with E-state index in [0.717, 1.165) is 41.0 Å². The number of aliphatic carboxylic acids is 1. The van der Waals surface area contributed by atoms with E-state index in [1.807, 2.05) is 18.2 Å². The fourth-order valence-corrected chi connectivity index (χ4v) is 8.37. The lowest BCUT2D eigenvalue weighted by molar-refractivity contribution is -0.928. The van der Waals surface area contributed by atoms with Crippen molar-refractivity contribution in [3.8, 4) is 23.0 Å². The average Bonchev–Trinajstić information content (AvgIpc) is 3.60. The zero-order valence-corrected chi connectivity index (χ0v) is 33.1. The monoisotopic (exact) mass is 836 g/mol. The zero-order chi connectivity index (χ0) is 42.1. The molecule has 0 spiro atoms. The topological polar surface area (TPSA) is 198 Å². The lowest BCUT2D eigenvalue weighted by Gasteiger charge is -2.44. The fraction of sp³-hybridized carbons (Fsp3) is 0.342. The first-order valence-corrected chi connectivity index (χ1v) is 19.6. The van der Waals surface area contributed by atoms with E-state index >= 15 is 0 Å². The van der Waals surface area contributed by atoms with Gasteiger partial charge < -0.3 is 44.2 Å². The highest BCUT2D eigenvalue weighted by atomic mass is 32.3. The largest absolute Gasteiger partial charge is 0.542 e. The summed E-state index contributed by atoms with van der Waals surface area (Å²) >= 11 is 1.07. The van der Waals surface area contributed by atoms with Crippen LogP contribution < -0.4 is 29.8 Å². The van der Waals surface area contributed by atoms with Crippen LogP contribution in [0.3, 0.4) is 0 Å². The predicted octanol–water partition coefficient (Wildman–Crippen LogP) is 4.59. The number of likely N-dealkylation sites (tertiary alicyclic amines) is 1. The van der Waals surface area contributed by atoms with Gasteiger partial charge in [0.1, 0.15) is 30.6 Å². The molecule has 1 saturated heterocycles. The molecular weight excluding hydrogens is 794 g/mol. The van der Waals surface area contributed by atoms with Crippen molar-refractivity contribution < 1.29 is 64.3 Å². The van der Waals surface area contributed by atoms with Gasteiger partial charge in [0.05, 0.1) is 39.9 Å². The molecule has 3 amide bonds. The second-order valence-corrected chi connectivity index (χ2v) is 16.3. The summed E-state index contributed by atoms with van der Waals surface area (Å²) in [7, 11) is 1.27. The summed E-state index contributed by atoms with van der Waals surface area (Å²) in [6, 6.07) is 17.5. The lowest BCUT2D eigenvalue weighted by Crippen LogP contribution is -2.62. The first kappa shape index (κ1) is 44.3. The van der Waals surface area contributed by atoms with Crippen molar-refractivity contribution in [1.82, 2.24) is 4.90 Å². The summed E-state index contributed by atoms with van der Waals surface area (Å²) in [5.74, 6) is -2.11. The van der Waals surface area contributed by atoms with Crippen molar-refractivity contribution in [2.75, 3.05) is 39.7 Å². The minimum absolute atomic E-state index is 0.0772. The molecule has 0 bridgehead atoms. The molecule has 1 fully saturated rings. The molecule has 1 aromatic heterocycles. The molecule has 1 aliphatic heterocycles. The Bertz CT molecular complexity index is 2130. The SMILES string of the molecule is COc1ccc(C[N+]2(C)CCC[C@H](N(C(=O)Nc3ccc(OS(=O)(=O)c4cc(C)cs4)cc3)C(=O)[C@@H](N)Cc3ccc(O)cc3)C2)cc1OC.O=C([O-])C(F)(F)F. The van der Waals surface area contributed by atoms with Crippen molar-refractivity contribution in [2.45, 2.75) is 55.2 Å². The van der Waals surface area contributed by atoms with Gasteiger partial charge in [0, 0.05) is 11.3 Å². The quantitative estimate of drug-likeness (QED) is 0.133.